The number of nitrogens with one attached hydrogen (secondary N) is 3. The maximum Gasteiger partial charge on any atom is 0.325 e. The molecule has 9 nitrogen and oxygen atoms in total. The maximum absolute atomic E-state index is 12.7. The van der Waals surface area contributed by atoms with Gasteiger partial charge in [-0.1, -0.05) is 34.1 Å². The molecular formula is C17H32N4O5S. The molecule has 0 saturated heterocycles. The van der Waals surface area contributed by atoms with Crippen LogP contribution in [0.1, 0.15) is 41.0 Å². The van der Waals surface area contributed by atoms with E-state index in [1.807, 2.05) is 6.92 Å². The number of rotatable bonds is 11. The molecule has 0 aliphatic heterocycles. The van der Waals surface area contributed by atoms with Crippen molar-refractivity contribution >= 4 is 36.3 Å². The van der Waals surface area contributed by atoms with Gasteiger partial charge in [0.25, 0.3) is 0 Å². The number of thiol groups is 1. The summed E-state index contributed by atoms with van der Waals surface area (Å²) < 4.78 is 0. The number of carboxylic acid groups (broad SMARTS) is 1. The number of carbonyl (C=O) groups is 4. The van der Waals surface area contributed by atoms with Gasteiger partial charge in [0.1, 0.15) is 18.1 Å². The van der Waals surface area contributed by atoms with E-state index in [0.29, 0.717) is 6.42 Å². The average molecular weight is 405 g/mol. The molecule has 0 rings (SSSR count). The molecule has 0 aromatic heterocycles. The Kier molecular flexibility index (Phi) is 11.0. The van der Waals surface area contributed by atoms with Crippen molar-refractivity contribution in [1.82, 2.24) is 16.0 Å². The van der Waals surface area contributed by atoms with Crippen molar-refractivity contribution < 1.29 is 24.3 Å². The lowest BCUT2D eigenvalue weighted by molar-refractivity contribution is -0.142. The van der Waals surface area contributed by atoms with Crippen molar-refractivity contribution in [3.8, 4) is 0 Å². The van der Waals surface area contributed by atoms with E-state index in [1.54, 1.807) is 20.8 Å². The molecule has 0 bridgehead atoms. The van der Waals surface area contributed by atoms with Crippen LogP contribution in [0.5, 0.6) is 0 Å². The van der Waals surface area contributed by atoms with Crippen LogP contribution in [0.15, 0.2) is 0 Å². The van der Waals surface area contributed by atoms with Crippen LogP contribution in [0.3, 0.4) is 0 Å². The molecule has 0 fully saturated rings. The summed E-state index contributed by atoms with van der Waals surface area (Å²) in [4.78, 5) is 48.1. The highest BCUT2D eigenvalue weighted by Gasteiger charge is 2.32. The van der Waals surface area contributed by atoms with E-state index in [2.05, 4.69) is 28.6 Å². The molecule has 0 unspecified atom stereocenters. The molecule has 0 saturated carbocycles. The third-order valence-corrected chi connectivity index (χ3v) is 4.70. The first kappa shape index (κ1) is 25.2. The van der Waals surface area contributed by atoms with E-state index in [4.69, 9.17) is 10.8 Å². The van der Waals surface area contributed by atoms with Crippen LogP contribution in [0.2, 0.25) is 0 Å². The summed E-state index contributed by atoms with van der Waals surface area (Å²) in [5.41, 5.74) is 5.63. The Morgan fingerprint density at radius 1 is 0.926 bits per heavy atom. The zero-order valence-electron chi connectivity index (χ0n) is 16.5. The highest BCUT2D eigenvalue weighted by Crippen LogP contribution is 2.11. The molecular weight excluding hydrogens is 372 g/mol. The fourth-order valence-electron chi connectivity index (χ4n) is 2.19. The van der Waals surface area contributed by atoms with Crippen LogP contribution in [0.25, 0.3) is 0 Å². The number of aliphatic carboxylic acids is 1. The molecule has 0 aliphatic carbocycles. The fourth-order valence-corrected chi connectivity index (χ4v) is 2.35. The van der Waals surface area contributed by atoms with Gasteiger partial charge in [0.15, 0.2) is 0 Å². The second kappa shape index (κ2) is 11.8. The minimum absolute atomic E-state index is 0.128. The zero-order chi connectivity index (χ0) is 21.3. The summed E-state index contributed by atoms with van der Waals surface area (Å²) >= 11 is 3.96. The van der Waals surface area contributed by atoms with Gasteiger partial charge < -0.3 is 26.8 Å². The van der Waals surface area contributed by atoms with Gasteiger partial charge in [-0.05, 0) is 18.8 Å². The third-order valence-electron chi connectivity index (χ3n) is 4.30. The number of hydrogen-bond acceptors (Lipinski definition) is 6. The molecule has 0 aromatic carbocycles. The van der Waals surface area contributed by atoms with Crippen LogP contribution < -0.4 is 21.7 Å². The van der Waals surface area contributed by atoms with Gasteiger partial charge in [-0.2, -0.15) is 12.6 Å². The smallest absolute Gasteiger partial charge is 0.325 e. The molecule has 27 heavy (non-hydrogen) atoms. The van der Waals surface area contributed by atoms with Gasteiger partial charge in [0.05, 0.1) is 6.04 Å². The van der Waals surface area contributed by atoms with E-state index in [9.17, 15) is 19.2 Å². The topological polar surface area (TPSA) is 151 Å². The number of nitrogens with two attached hydrogens (primary N) is 1. The average Bonchev–Trinajstić information content (AvgIpc) is 2.61. The summed E-state index contributed by atoms with van der Waals surface area (Å²) in [6, 6.07) is -3.76. The van der Waals surface area contributed by atoms with Gasteiger partial charge in [0, 0.05) is 5.75 Å². The van der Waals surface area contributed by atoms with Crippen LogP contribution >= 0.6 is 12.6 Å². The molecule has 3 amide bonds. The molecule has 5 atom stereocenters. The first-order valence-electron chi connectivity index (χ1n) is 8.96. The van der Waals surface area contributed by atoms with Gasteiger partial charge in [-0.3, -0.25) is 19.2 Å². The molecule has 0 aromatic rings. The molecule has 156 valence electrons. The van der Waals surface area contributed by atoms with Crippen molar-refractivity contribution in [2.24, 2.45) is 17.6 Å². The molecule has 0 spiro atoms. The Labute approximate surface area is 165 Å². The highest BCUT2D eigenvalue weighted by atomic mass is 32.1. The first-order chi connectivity index (χ1) is 12.5. The van der Waals surface area contributed by atoms with Crippen molar-refractivity contribution in [2.75, 3.05) is 5.75 Å². The van der Waals surface area contributed by atoms with Gasteiger partial charge in [-0.25, -0.2) is 0 Å². The van der Waals surface area contributed by atoms with Gasteiger partial charge >= 0.3 is 5.97 Å². The van der Waals surface area contributed by atoms with E-state index in [-0.39, 0.29) is 17.6 Å². The second-order valence-corrected chi connectivity index (χ2v) is 7.32. The Balaban J connectivity index is 5.30. The normalized spacial score (nSPS) is 16.6. The van der Waals surface area contributed by atoms with Crippen LogP contribution in [-0.2, 0) is 19.2 Å². The number of amides is 3. The van der Waals surface area contributed by atoms with Gasteiger partial charge in [-0.15, -0.1) is 0 Å². The minimum Gasteiger partial charge on any atom is -0.480 e. The lowest BCUT2D eigenvalue weighted by Crippen LogP contribution is -2.59. The first-order valence-corrected chi connectivity index (χ1v) is 9.59. The zero-order valence-corrected chi connectivity index (χ0v) is 17.4. The lowest BCUT2D eigenvalue weighted by Gasteiger charge is -2.29. The molecule has 10 heteroatoms. The predicted molar refractivity (Wildman–Crippen MR) is 105 cm³/mol. The van der Waals surface area contributed by atoms with E-state index in [1.165, 1.54) is 6.92 Å². The summed E-state index contributed by atoms with van der Waals surface area (Å²) in [5, 5.41) is 16.5. The Hall–Kier alpha value is -1.81. The second-order valence-electron chi connectivity index (χ2n) is 6.96. The summed E-state index contributed by atoms with van der Waals surface area (Å²) in [6.07, 6.45) is 0.586. The summed E-state index contributed by atoms with van der Waals surface area (Å²) in [5.74, 6) is -3.17. The van der Waals surface area contributed by atoms with E-state index in [0.717, 1.165) is 0 Å². The van der Waals surface area contributed by atoms with Crippen LogP contribution in [-0.4, -0.2) is 58.7 Å². The van der Waals surface area contributed by atoms with Crippen LogP contribution in [0.4, 0.5) is 0 Å². The summed E-state index contributed by atoms with van der Waals surface area (Å²) in [6.45, 7) is 8.47. The molecule has 0 aliphatic rings. The minimum atomic E-state index is -1.18. The summed E-state index contributed by atoms with van der Waals surface area (Å²) in [7, 11) is 0. The SMILES string of the molecule is CC[C@H](C)[C@H](NC(=O)[C@@H](NC(=O)[C@@H](N)CS)C(C)C)C(=O)N[C@@H](C)C(=O)O. The predicted octanol–water partition coefficient (Wildman–Crippen LogP) is -0.495. The number of hydrogen-bond donors (Lipinski definition) is 6. The van der Waals surface area contributed by atoms with E-state index >= 15 is 0 Å². The number of carboxylic acids is 1. The maximum atomic E-state index is 12.7. The van der Waals surface area contributed by atoms with Crippen molar-refractivity contribution in [3.63, 3.8) is 0 Å². The molecule has 6 N–H and O–H groups in total. The third kappa shape index (κ3) is 8.17. The Morgan fingerprint density at radius 2 is 1.41 bits per heavy atom. The highest BCUT2D eigenvalue weighted by molar-refractivity contribution is 7.80. The Morgan fingerprint density at radius 3 is 1.81 bits per heavy atom. The van der Waals surface area contributed by atoms with Gasteiger partial charge in [0.2, 0.25) is 17.7 Å². The monoisotopic (exact) mass is 404 g/mol. The van der Waals surface area contributed by atoms with Crippen LogP contribution in [0, 0.1) is 11.8 Å². The number of carbonyl (C=O) groups excluding carboxylic acids is 3. The Bertz CT molecular complexity index is 543. The largest absolute Gasteiger partial charge is 0.480 e. The fraction of sp³-hybridized carbons (Fsp3) is 0.765. The van der Waals surface area contributed by atoms with E-state index < -0.39 is 47.9 Å². The lowest BCUT2D eigenvalue weighted by atomic mass is 9.96. The van der Waals surface area contributed by atoms with Crippen molar-refractivity contribution in [2.45, 2.75) is 65.2 Å². The molecule has 0 radical (unpaired) electrons. The standard InChI is InChI=1S/C17H32N4O5S/c1-6-9(4)13(16(24)19-10(5)17(25)26)21-15(23)12(8(2)3)20-14(22)11(18)7-27/h8-13,27H,6-7,18H2,1-5H3,(H,19,24)(H,20,22)(H,21,23)(H,25,26)/t9-,10-,11-,12-,13-/m0/s1. The van der Waals surface area contributed by atoms with Crippen molar-refractivity contribution in [3.05, 3.63) is 0 Å². The molecule has 0 heterocycles. The van der Waals surface area contributed by atoms with Crippen molar-refractivity contribution in [1.29, 1.82) is 0 Å². The quantitative estimate of drug-likeness (QED) is 0.256.